The Morgan fingerprint density at radius 1 is 1.24 bits per heavy atom. The number of nitrogens with one attached hydrogen (secondary N) is 1. The van der Waals surface area contributed by atoms with Crippen molar-refractivity contribution in [3.05, 3.63) is 34.9 Å². The fourth-order valence-corrected chi connectivity index (χ4v) is 4.40. The highest BCUT2D eigenvalue weighted by Gasteiger charge is 2.40. The largest absolute Gasteiger partial charge is 0.494 e. The number of fused-ring (bicyclic) bond motifs is 5. The van der Waals surface area contributed by atoms with E-state index in [1.54, 1.807) is 7.11 Å². The molecule has 0 radical (unpaired) electrons. The SMILES string of the molecule is COc1c(NC(C)(C)C)c2c(c3c1C(N(C)C)c1nccn1-3)CCC2. The Morgan fingerprint density at radius 2 is 1.96 bits per heavy atom. The van der Waals surface area contributed by atoms with Crippen molar-refractivity contribution >= 4 is 5.69 Å². The van der Waals surface area contributed by atoms with E-state index in [4.69, 9.17) is 4.74 Å². The summed E-state index contributed by atoms with van der Waals surface area (Å²) < 4.78 is 8.28. The van der Waals surface area contributed by atoms with E-state index in [-0.39, 0.29) is 11.6 Å². The lowest BCUT2D eigenvalue weighted by atomic mass is 9.95. The zero-order valence-electron chi connectivity index (χ0n) is 16.1. The molecule has 5 heteroatoms. The van der Waals surface area contributed by atoms with Crippen molar-refractivity contribution in [3.63, 3.8) is 0 Å². The van der Waals surface area contributed by atoms with Gasteiger partial charge in [0, 0.05) is 23.5 Å². The minimum absolute atomic E-state index is 0.0162. The zero-order valence-corrected chi connectivity index (χ0v) is 16.1. The Morgan fingerprint density at radius 3 is 2.60 bits per heavy atom. The number of methoxy groups -OCH3 is 1. The highest BCUT2D eigenvalue weighted by Crippen LogP contribution is 2.52. The molecule has 0 bridgehead atoms. The highest BCUT2D eigenvalue weighted by molar-refractivity contribution is 5.78. The fourth-order valence-electron chi connectivity index (χ4n) is 4.40. The molecule has 5 nitrogen and oxygen atoms in total. The second kappa shape index (κ2) is 5.49. The Labute approximate surface area is 150 Å². The molecular formula is C20H28N4O. The van der Waals surface area contributed by atoms with Gasteiger partial charge in [-0.1, -0.05) is 0 Å². The van der Waals surface area contributed by atoms with Gasteiger partial charge in [-0.3, -0.25) is 4.90 Å². The van der Waals surface area contributed by atoms with Gasteiger partial charge in [-0.25, -0.2) is 4.98 Å². The average Bonchev–Trinajstić information content (AvgIpc) is 3.19. The summed E-state index contributed by atoms with van der Waals surface area (Å²) in [6, 6.07) is 0.117. The molecule has 4 rings (SSSR count). The molecule has 134 valence electrons. The van der Waals surface area contributed by atoms with Crippen LogP contribution in [0.3, 0.4) is 0 Å². The second-order valence-corrected chi connectivity index (χ2v) is 8.38. The summed E-state index contributed by atoms with van der Waals surface area (Å²) in [4.78, 5) is 6.90. The molecule has 0 saturated heterocycles. The van der Waals surface area contributed by atoms with Crippen LogP contribution in [0.4, 0.5) is 5.69 Å². The van der Waals surface area contributed by atoms with Crippen molar-refractivity contribution in [1.82, 2.24) is 14.5 Å². The lowest BCUT2D eigenvalue weighted by Gasteiger charge is -2.29. The predicted octanol–water partition coefficient (Wildman–Crippen LogP) is 3.54. The number of anilines is 1. The Hall–Kier alpha value is -2.01. The number of hydrogen-bond donors (Lipinski definition) is 1. The third-order valence-corrected chi connectivity index (χ3v) is 5.18. The van der Waals surface area contributed by atoms with Gasteiger partial charge < -0.3 is 14.6 Å². The van der Waals surface area contributed by atoms with E-state index in [1.165, 1.54) is 34.5 Å². The van der Waals surface area contributed by atoms with E-state index in [1.807, 2.05) is 6.20 Å². The summed E-state index contributed by atoms with van der Waals surface area (Å²) in [5, 5.41) is 3.74. The molecule has 2 aromatic rings. The standard InChI is InChI=1S/C20H28N4O/c1-20(2,3)22-15-12-8-7-9-13(12)16-14(18(15)25-6)17(23(4)5)19-21-10-11-24(16)19/h10-11,17,22H,7-9H2,1-6H3. The zero-order chi connectivity index (χ0) is 17.9. The Kier molecular flexibility index (Phi) is 3.62. The number of ether oxygens (including phenoxy) is 1. The topological polar surface area (TPSA) is 42.3 Å². The monoisotopic (exact) mass is 340 g/mol. The van der Waals surface area contributed by atoms with Crippen LogP contribution in [0.1, 0.15) is 55.7 Å². The first-order valence-corrected chi connectivity index (χ1v) is 9.07. The van der Waals surface area contributed by atoms with E-state index in [0.717, 1.165) is 24.4 Å². The average molecular weight is 340 g/mol. The van der Waals surface area contributed by atoms with Crippen LogP contribution in [0.2, 0.25) is 0 Å². The smallest absolute Gasteiger partial charge is 0.149 e. The van der Waals surface area contributed by atoms with E-state index in [2.05, 4.69) is 60.8 Å². The number of hydrogen-bond acceptors (Lipinski definition) is 4. The summed E-state index contributed by atoms with van der Waals surface area (Å²) in [7, 11) is 6.02. The molecule has 2 heterocycles. The minimum atomic E-state index is -0.0162. The molecule has 1 aromatic carbocycles. The molecule has 1 N–H and O–H groups in total. The van der Waals surface area contributed by atoms with Gasteiger partial charge in [0.15, 0.2) is 0 Å². The summed E-state index contributed by atoms with van der Waals surface area (Å²) in [6.45, 7) is 6.61. The Balaban J connectivity index is 2.05. The summed E-state index contributed by atoms with van der Waals surface area (Å²) >= 11 is 0. The van der Waals surface area contributed by atoms with Gasteiger partial charge in [0.25, 0.3) is 0 Å². The van der Waals surface area contributed by atoms with Crippen LogP contribution in [0.15, 0.2) is 12.4 Å². The van der Waals surface area contributed by atoms with Gasteiger partial charge in [-0.2, -0.15) is 0 Å². The molecule has 0 spiro atoms. The third kappa shape index (κ3) is 2.36. The number of nitrogens with zero attached hydrogens (tertiary/aromatic N) is 3. The lowest BCUT2D eigenvalue weighted by Crippen LogP contribution is -2.28. The third-order valence-electron chi connectivity index (χ3n) is 5.18. The second-order valence-electron chi connectivity index (χ2n) is 8.38. The fraction of sp³-hybridized carbons (Fsp3) is 0.550. The molecule has 1 unspecified atom stereocenters. The summed E-state index contributed by atoms with van der Waals surface area (Å²) in [6.07, 6.45) is 7.42. The van der Waals surface area contributed by atoms with Crippen molar-refractivity contribution in [2.24, 2.45) is 0 Å². The number of imidazole rings is 1. The summed E-state index contributed by atoms with van der Waals surface area (Å²) in [5.41, 5.74) is 6.60. The van der Waals surface area contributed by atoms with Crippen molar-refractivity contribution in [2.45, 2.75) is 51.6 Å². The van der Waals surface area contributed by atoms with Gasteiger partial charge in [0.2, 0.25) is 0 Å². The number of aromatic nitrogens is 2. The molecule has 25 heavy (non-hydrogen) atoms. The van der Waals surface area contributed by atoms with Crippen LogP contribution in [-0.4, -0.2) is 41.2 Å². The molecule has 1 aromatic heterocycles. The maximum Gasteiger partial charge on any atom is 0.149 e. The van der Waals surface area contributed by atoms with Crippen LogP contribution < -0.4 is 10.1 Å². The van der Waals surface area contributed by atoms with Crippen LogP contribution in [0.25, 0.3) is 5.69 Å². The minimum Gasteiger partial charge on any atom is -0.494 e. The predicted molar refractivity (Wildman–Crippen MR) is 101 cm³/mol. The highest BCUT2D eigenvalue weighted by atomic mass is 16.5. The van der Waals surface area contributed by atoms with Crippen LogP contribution in [0, 0.1) is 0 Å². The number of rotatable bonds is 3. The maximum absolute atomic E-state index is 6.01. The molecule has 1 atom stereocenters. The van der Waals surface area contributed by atoms with Gasteiger partial charge in [-0.05, 0) is 65.3 Å². The number of benzene rings is 1. The van der Waals surface area contributed by atoms with Crippen molar-refractivity contribution in [1.29, 1.82) is 0 Å². The van der Waals surface area contributed by atoms with Crippen molar-refractivity contribution in [3.8, 4) is 11.4 Å². The molecular weight excluding hydrogens is 312 g/mol. The van der Waals surface area contributed by atoms with Crippen molar-refractivity contribution in [2.75, 3.05) is 26.5 Å². The molecule has 0 fully saturated rings. The van der Waals surface area contributed by atoms with Crippen LogP contribution >= 0.6 is 0 Å². The first-order valence-electron chi connectivity index (χ1n) is 9.07. The van der Waals surface area contributed by atoms with E-state index in [0.29, 0.717) is 0 Å². The van der Waals surface area contributed by atoms with E-state index < -0.39 is 0 Å². The molecule has 1 aliphatic carbocycles. The normalized spacial score (nSPS) is 18.3. The van der Waals surface area contributed by atoms with E-state index >= 15 is 0 Å². The van der Waals surface area contributed by atoms with Gasteiger partial charge >= 0.3 is 0 Å². The first kappa shape index (κ1) is 16.5. The van der Waals surface area contributed by atoms with E-state index in [9.17, 15) is 0 Å². The van der Waals surface area contributed by atoms with Gasteiger partial charge in [0.05, 0.1) is 24.5 Å². The quantitative estimate of drug-likeness (QED) is 0.928. The first-order chi connectivity index (χ1) is 11.8. The van der Waals surface area contributed by atoms with Crippen molar-refractivity contribution < 1.29 is 4.74 Å². The van der Waals surface area contributed by atoms with Gasteiger partial charge in [0.1, 0.15) is 11.6 Å². The Bertz CT molecular complexity index is 829. The summed E-state index contributed by atoms with van der Waals surface area (Å²) in [5.74, 6) is 2.06. The van der Waals surface area contributed by atoms with Crippen LogP contribution in [-0.2, 0) is 12.8 Å². The van der Waals surface area contributed by atoms with Crippen LogP contribution in [0.5, 0.6) is 5.75 Å². The molecule has 0 saturated carbocycles. The van der Waals surface area contributed by atoms with Gasteiger partial charge in [-0.15, -0.1) is 0 Å². The molecule has 0 amide bonds. The maximum atomic E-state index is 6.01. The molecule has 2 aliphatic rings. The lowest BCUT2D eigenvalue weighted by molar-refractivity contribution is 0.324. The molecule has 1 aliphatic heterocycles.